The third-order valence-electron chi connectivity index (χ3n) is 3.90. The highest BCUT2D eigenvalue weighted by molar-refractivity contribution is 7.91. The second-order valence-electron chi connectivity index (χ2n) is 5.43. The molecule has 0 unspecified atom stereocenters. The first-order valence-corrected chi connectivity index (χ1v) is 8.91. The Morgan fingerprint density at radius 3 is 2.68 bits per heavy atom. The van der Waals surface area contributed by atoms with Gasteiger partial charge in [-0.25, -0.2) is 8.42 Å². The summed E-state index contributed by atoms with van der Waals surface area (Å²) in [5.74, 6) is 0.269. The molecule has 1 fully saturated rings. The standard InChI is InChI=1S/C13H22N2O2S2/c1-9-7-13(18-11(9)3)19(16,17)15-6-4-5-12(8-15)10(2)14/h7,10,12H,4-6,8,14H2,1-3H3/t10-,12-/m1/s1. The Labute approximate surface area is 119 Å². The van der Waals surface area contributed by atoms with Gasteiger partial charge in [-0.3, -0.25) is 0 Å². The van der Waals surface area contributed by atoms with Crippen LogP contribution in [0.4, 0.5) is 0 Å². The zero-order chi connectivity index (χ0) is 14.2. The van der Waals surface area contributed by atoms with Crippen molar-refractivity contribution in [2.24, 2.45) is 11.7 Å². The minimum Gasteiger partial charge on any atom is -0.328 e. The number of piperidine rings is 1. The van der Waals surface area contributed by atoms with E-state index >= 15 is 0 Å². The largest absolute Gasteiger partial charge is 0.328 e. The van der Waals surface area contributed by atoms with Crippen molar-refractivity contribution in [3.05, 3.63) is 16.5 Å². The molecule has 4 nitrogen and oxygen atoms in total. The molecule has 1 aromatic heterocycles. The fraction of sp³-hybridized carbons (Fsp3) is 0.692. The lowest BCUT2D eigenvalue weighted by Crippen LogP contribution is -2.44. The first-order chi connectivity index (χ1) is 8.82. The molecule has 0 saturated carbocycles. The minimum atomic E-state index is -3.33. The third kappa shape index (κ3) is 3.02. The highest BCUT2D eigenvalue weighted by Crippen LogP contribution is 2.30. The van der Waals surface area contributed by atoms with Crippen LogP contribution in [0.25, 0.3) is 0 Å². The summed E-state index contributed by atoms with van der Waals surface area (Å²) in [5.41, 5.74) is 6.97. The first kappa shape index (κ1) is 15.0. The van der Waals surface area contributed by atoms with Crippen molar-refractivity contribution in [3.8, 4) is 0 Å². The average molecular weight is 302 g/mol. The van der Waals surface area contributed by atoms with E-state index in [1.165, 1.54) is 11.3 Å². The molecule has 19 heavy (non-hydrogen) atoms. The smallest absolute Gasteiger partial charge is 0.252 e. The maximum Gasteiger partial charge on any atom is 0.252 e. The van der Waals surface area contributed by atoms with Crippen LogP contribution in [0.3, 0.4) is 0 Å². The summed E-state index contributed by atoms with van der Waals surface area (Å²) in [4.78, 5) is 1.07. The van der Waals surface area contributed by atoms with Gasteiger partial charge in [-0.05, 0) is 51.2 Å². The van der Waals surface area contributed by atoms with Crippen LogP contribution in [0, 0.1) is 19.8 Å². The normalized spacial score (nSPS) is 23.5. The van der Waals surface area contributed by atoms with Crippen molar-refractivity contribution < 1.29 is 8.42 Å². The van der Waals surface area contributed by atoms with Crippen LogP contribution in [-0.4, -0.2) is 31.9 Å². The summed E-state index contributed by atoms with van der Waals surface area (Å²) in [6, 6.07) is 1.83. The van der Waals surface area contributed by atoms with Crippen LogP contribution in [-0.2, 0) is 10.0 Å². The number of nitrogens with two attached hydrogens (primary N) is 1. The quantitative estimate of drug-likeness (QED) is 0.930. The lowest BCUT2D eigenvalue weighted by Gasteiger charge is -2.33. The van der Waals surface area contributed by atoms with Gasteiger partial charge >= 0.3 is 0 Å². The molecule has 1 aromatic rings. The maximum atomic E-state index is 12.6. The molecule has 2 heterocycles. The molecular weight excluding hydrogens is 280 g/mol. The van der Waals surface area contributed by atoms with Crippen LogP contribution in [0.5, 0.6) is 0 Å². The average Bonchev–Trinajstić information content (AvgIpc) is 2.70. The Kier molecular flexibility index (Phi) is 4.35. The van der Waals surface area contributed by atoms with Crippen LogP contribution in [0.2, 0.25) is 0 Å². The van der Waals surface area contributed by atoms with Crippen molar-refractivity contribution in [1.29, 1.82) is 0 Å². The number of hydrogen-bond donors (Lipinski definition) is 1. The van der Waals surface area contributed by atoms with Gasteiger partial charge in [0.05, 0.1) is 0 Å². The van der Waals surface area contributed by atoms with E-state index in [1.54, 1.807) is 10.4 Å². The fourth-order valence-electron chi connectivity index (χ4n) is 2.42. The third-order valence-corrected chi connectivity index (χ3v) is 7.37. The van der Waals surface area contributed by atoms with Gasteiger partial charge in [0.15, 0.2) is 0 Å². The second kappa shape index (κ2) is 5.52. The van der Waals surface area contributed by atoms with E-state index in [0.29, 0.717) is 17.3 Å². The Morgan fingerprint density at radius 2 is 2.16 bits per heavy atom. The van der Waals surface area contributed by atoms with E-state index in [2.05, 4.69) is 0 Å². The molecule has 2 atom stereocenters. The van der Waals surface area contributed by atoms with Gasteiger partial charge in [-0.2, -0.15) is 4.31 Å². The molecule has 1 aliphatic rings. The van der Waals surface area contributed by atoms with E-state index in [0.717, 1.165) is 23.3 Å². The van der Waals surface area contributed by atoms with E-state index in [4.69, 9.17) is 5.73 Å². The van der Waals surface area contributed by atoms with Crippen LogP contribution in [0.1, 0.15) is 30.2 Å². The van der Waals surface area contributed by atoms with E-state index in [1.807, 2.05) is 20.8 Å². The van der Waals surface area contributed by atoms with E-state index in [-0.39, 0.29) is 12.0 Å². The molecule has 0 bridgehead atoms. The molecule has 6 heteroatoms. The second-order valence-corrected chi connectivity index (χ2v) is 8.85. The highest BCUT2D eigenvalue weighted by Gasteiger charge is 2.32. The number of thiophene rings is 1. The Balaban J connectivity index is 2.24. The number of hydrogen-bond acceptors (Lipinski definition) is 4. The summed E-state index contributed by atoms with van der Waals surface area (Å²) in [5, 5.41) is 0. The predicted octanol–water partition coefficient (Wildman–Crippen LogP) is 2.11. The molecular formula is C13H22N2O2S2. The SMILES string of the molecule is Cc1cc(S(=O)(=O)N2CCC[C@@H]([C@@H](C)N)C2)sc1C. The van der Waals surface area contributed by atoms with Gasteiger partial charge < -0.3 is 5.73 Å². The van der Waals surface area contributed by atoms with Gasteiger partial charge in [-0.15, -0.1) is 11.3 Å². The molecule has 2 N–H and O–H groups in total. The van der Waals surface area contributed by atoms with Gasteiger partial charge in [0.2, 0.25) is 0 Å². The molecule has 1 saturated heterocycles. The summed E-state index contributed by atoms with van der Waals surface area (Å²) in [6.45, 7) is 7.03. The van der Waals surface area contributed by atoms with Crippen LogP contribution < -0.4 is 5.73 Å². The van der Waals surface area contributed by atoms with Crippen LogP contribution >= 0.6 is 11.3 Å². The van der Waals surface area contributed by atoms with E-state index < -0.39 is 10.0 Å². The summed E-state index contributed by atoms with van der Waals surface area (Å²) in [7, 11) is -3.33. The molecule has 1 aliphatic heterocycles. The predicted molar refractivity (Wildman–Crippen MR) is 78.9 cm³/mol. The van der Waals surface area contributed by atoms with Crippen molar-refractivity contribution in [2.45, 2.75) is 43.9 Å². The number of sulfonamides is 1. The van der Waals surface area contributed by atoms with Crippen molar-refractivity contribution in [1.82, 2.24) is 4.31 Å². The number of rotatable bonds is 3. The monoisotopic (exact) mass is 302 g/mol. The van der Waals surface area contributed by atoms with E-state index in [9.17, 15) is 8.42 Å². The summed E-state index contributed by atoms with van der Waals surface area (Å²) >= 11 is 1.36. The Bertz CT molecular complexity index is 529. The van der Waals surface area contributed by atoms with Gasteiger partial charge in [-0.1, -0.05) is 0 Å². The lowest BCUT2D eigenvalue weighted by molar-refractivity contribution is 0.243. The molecule has 0 amide bonds. The zero-order valence-electron chi connectivity index (χ0n) is 11.7. The molecule has 2 rings (SSSR count). The number of aryl methyl sites for hydroxylation is 2. The summed E-state index contributed by atoms with van der Waals surface area (Å²) in [6.07, 6.45) is 1.92. The maximum absolute atomic E-state index is 12.6. The van der Waals surface area contributed by atoms with Gasteiger partial charge in [0, 0.05) is 24.0 Å². The Hall–Kier alpha value is -0.430. The van der Waals surface area contributed by atoms with Crippen molar-refractivity contribution >= 4 is 21.4 Å². The van der Waals surface area contributed by atoms with Crippen molar-refractivity contribution in [3.63, 3.8) is 0 Å². The topological polar surface area (TPSA) is 63.4 Å². The molecule has 108 valence electrons. The first-order valence-electron chi connectivity index (χ1n) is 6.65. The van der Waals surface area contributed by atoms with Crippen molar-refractivity contribution in [2.75, 3.05) is 13.1 Å². The lowest BCUT2D eigenvalue weighted by atomic mass is 9.93. The van der Waals surface area contributed by atoms with Crippen LogP contribution in [0.15, 0.2) is 10.3 Å². The zero-order valence-corrected chi connectivity index (χ0v) is 13.4. The fourth-order valence-corrected chi connectivity index (χ4v) is 5.62. The molecule has 0 aromatic carbocycles. The highest BCUT2D eigenvalue weighted by atomic mass is 32.2. The molecule has 0 aliphatic carbocycles. The molecule has 0 spiro atoms. The number of nitrogens with zero attached hydrogens (tertiary/aromatic N) is 1. The molecule has 0 radical (unpaired) electrons. The summed E-state index contributed by atoms with van der Waals surface area (Å²) < 4.78 is 27.3. The van der Waals surface area contributed by atoms with Gasteiger partial charge in [0.1, 0.15) is 4.21 Å². The Morgan fingerprint density at radius 1 is 1.47 bits per heavy atom. The minimum absolute atomic E-state index is 0.0461. The van der Waals surface area contributed by atoms with Gasteiger partial charge in [0.25, 0.3) is 10.0 Å².